The number of benzene rings is 2. The van der Waals surface area contributed by atoms with E-state index in [1.165, 1.54) is 4.46 Å². The van der Waals surface area contributed by atoms with Crippen molar-refractivity contribution in [1.29, 1.82) is 0 Å². The van der Waals surface area contributed by atoms with Crippen LogP contribution < -0.4 is 4.46 Å². The molecule has 3 atom stereocenters. The first-order valence-corrected chi connectivity index (χ1v) is 11.4. The van der Waals surface area contributed by atoms with Gasteiger partial charge in [-0.15, -0.1) is 0 Å². The summed E-state index contributed by atoms with van der Waals surface area (Å²) in [5.41, 5.74) is 10.0. The van der Waals surface area contributed by atoms with Gasteiger partial charge in [-0.3, -0.25) is 0 Å². The Hall–Kier alpha value is -2.79. The zero-order chi connectivity index (χ0) is 20.6. The van der Waals surface area contributed by atoms with E-state index in [1.807, 2.05) is 67.6 Å². The number of carbonyl (C=O) groups excluding carboxylic acids is 2. The number of azide groups is 1. The van der Waals surface area contributed by atoms with Crippen LogP contribution in [0, 0.1) is 5.92 Å². The molecule has 0 saturated carbocycles. The quantitative estimate of drug-likeness (QED) is 0.263. The summed E-state index contributed by atoms with van der Waals surface area (Å²) in [5.74, 6) is -0.674. The molecule has 7 nitrogen and oxygen atoms in total. The van der Waals surface area contributed by atoms with E-state index in [1.54, 1.807) is 0 Å². The van der Waals surface area contributed by atoms with Crippen LogP contribution in [-0.4, -0.2) is 50.5 Å². The van der Waals surface area contributed by atoms with E-state index >= 15 is 0 Å². The van der Waals surface area contributed by atoms with Gasteiger partial charge >= 0.3 is 176 Å². The molecule has 1 fully saturated rings. The minimum absolute atomic E-state index is 0.138. The molecule has 0 bridgehead atoms. The van der Waals surface area contributed by atoms with E-state index in [0.29, 0.717) is 6.42 Å². The molecule has 0 aliphatic carbocycles. The predicted octanol–water partition coefficient (Wildman–Crippen LogP) is 3.34. The fourth-order valence-electron chi connectivity index (χ4n) is 3.21. The van der Waals surface area contributed by atoms with E-state index in [4.69, 9.17) is 10.3 Å². The molecule has 8 heteroatoms. The molecule has 1 aliphatic rings. The Balaban J connectivity index is 1.72. The zero-order valence-electron chi connectivity index (χ0n) is 16.0. The first-order valence-electron chi connectivity index (χ1n) is 9.36. The normalized spacial score (nSPS) is 17.9. The van der Waals surface area contributed by atoms with Gasteiger partial charge in [0.25, 0.3) is 0 Å². The van der Waals surface area contributed by atoms with Gasteiger partial charge in [0.1, 0.15) is 0 Å². The number of cyclic esters (lactones) is 1. The third-order valence-corrected chi connectivity index (χ3v) is 7.46. The SMILES string of the molecule is CC(C[Se]c1ccccc1)[C@H](N=[N+]=[N-])C(=O)N1C(=O)OC[C@@H]1Cc1ccccc1. The van der Waals surface area contributed by atoms with Crippen molar-refractivity contribution in [2.45, 2.75) is 30.7 Å². The summed E-state index contributed by atoms with van der Waals surface area (Å²) in [5, 5.41) is 4.47. The predicted molar refractivity (Wildman–Crippen MR) is 111 cm³/mol. The summed E-state index contributed by atoms with van der Waals surface area (Å²) >= 11 is 0.138. The summed E-state index contributed by atoms with van der Waals surface area (Å²) in [6, 6.07) is 18.3. The number of amides is 2. The molecule has 0 aromatic heterocycles. The maximum absolute atomic E-state index is 13.2. The van der Waals surface area contributed by atoms with Crippen LogP contribution in [0.5, 0.6) is 0 Å². The van der Waals surface area contributed by atoms with Gasteiger partial charge in [0.15, 0.2) is 0 Å². The van der Waals surface area contributed by atoms with Crippen molar-refractivity contribution in [2.24, 2.45) is 11.0 Å². The van der Waals surface area contributed by atoms with E-state index in [-0.39, 0.29) is 27.5 Å². The standard InChI is InChI=1S/C21H22N4O3Se/c1-15(14-29-18-10-6-3-7-11-18)19(23-24-22)20(26)25-17(13-28-21(25)27)12-16-8-4-2-5-9-16/h2-11,15,17,19H,12-14H2,1H3/t15?,17-,19-/m0/s1. The average Bonchev–Trinajstić information content (AvgIpc) is 3.11. The third kappa shape index (κ3) is 5.39. The summed E-state index contributed by atoms with van der Waals surface area (Å²) in [7, 11) is 0. The van der Waals surface area contributed by atoms with Crippen molar-refractivity contribution in [1.82, 2.24) is 4.90 Å². The van der Waals surface area contributed by atoms with Crippen LogP contribution in [0.3, 0.4) is 0 Å². The molecule has 29 heavy (non-hydrogen) atoms. The Morgan fingerprint density at radius 3 is 2.55 bits per heavy atom. The number of hydrogen-bond acceptors (Lipinski definition) is 4. The van der Waals surface area contributed by atoms with Crippen LogP contribution >= 0.6 is 0 Å². The van der Waals surface area contributed by atoms with Gasteiger partial charge in [0.05, 0.1) is 0 Å². The number of ether oxygens (including phenoxy) is 1. The van der Waals surface area contributed by atoms with Crippen molar-refractivity contribution in [2.75, 3.05) is 6.61 Å². The van der Waals surface area contributed by atoms with Gasteiger partial charge in [0, 0.05) is 0 Å². The molecular formula is C21H22N4O3Se. The van der Waals surface area contributed by atoms with E-state index in [9.17, 15) is 9.59 Å². The number of hydrogen-bond donors (Lipinski definition) is 0. The molecule has 0 N–H and O–H groups in total. The van der Waals surface area contributed by atoms with Gasteiger partial charge in [0.2, 0.25) is 0 Å². The van der Waals surface area contributed by atoms with E-state index in [0.717, 1.165) is 15.8 Å². The van der Waals surface area contributed by atoms with Gasteiger partial charge in [-0.2, -0.15) is 0 Å². The summed E-state index contributed by atoms with van der Waals surface area (Å²) in [6.45, 7) is 2.03. The van der Waals surface area contributed by atoms with Crippen LogP contribution in [0.4, 0.5) is 4.79 Å². The molecule has 0 spiro atoms. The average molecular weight is 457 g/mol. The number of imide groups is 1. The second-order valence-corrected chi connectivity index (χ2v) is 9.17. The van der Waals surface area contributed by atoms with Crippen LogP contribution in [0.25, 0.3) is 10.4 Å². The Labute approximate surface area is 175 Å². The van der Waals surface area contributed by atoms with Crippen LogP contribution in [0.2, 0.25) is 5.32 Å². The van der Waals surface area contributed by atoms with Gasteiger partial charge in [-0.05, 0) is 0 Å². The van der Waals surface area contributed by atoms with Crippen LogP contribution in [0.1, 0.15) is 12.5 Å². The van der Waals surface area contributed by atoms with Gasteiger partial charge in [-0.25, -0.2) is 0 Å². The molecule has 1 saturated heterocycles. The molecule has 1 heterocycles. The maximum atomic E-state index is 13.2. The number of nitrogens with zero attached hydrogens (tertiary/aromatic N) is 4. The Kier molecular flexibility index (Phi) is 7.30. The third-order valence-electron chi connectivity index (χ3n) is 4.74. The van der Waals surface area contributed by atoms with Crippen molar-refractivity contribution in [3.8, 4) is 0 Å². The Morgan fingerprint density at radius 1 is 1.24 bits per heavy atom. The summed E-state index contributed by atoms with van der Waals surface area (Å²) in [6.07, 6.45) is -0.168. The second kappa shape index (κ2) is 10.1. The van der Waals surface area contributed by atoms with Crippen LogP contribution in [-0.2, 0) is 16.0 Å². The van der Waals surface area contributed by atoms with Crippen molar-refractivity contribution in [3.05, 3.63) is 76.7 Å². The van der Waals surface area contributed by atoms with Gasteiger partial charge in [-0.1, -0.05) is 0 Å². The molecule has 150 valence electrons. The molecule has 2 amide bonds. The van der Waals surface area contributed by atoms with Crippen molar-refractivity contribution >= 4 is 31.4 Å². The fourth-order valence-corrected chi connectivity index (χ4v) is 5.28. The van der Waals surface area contributed by atoms with E-state index < -0.39 is 24.1 Å². The Bertz CT molecular complexity index is 887. The Morgan fingerprint density at radius 2 is 1.90 bits per heavy atom. The molecule has 1 aliphatic heterocycles. The zero-order valence-corrected chi connectivity index (χ0v) is 17.8. The molecule has 2 aromatic carbocycles. The first kappa shape index (κ1) is 20.9. The molecule has 1 unspecified atom stereocenters. The molecular weight excluding hydrogens is 435 g/mol. The second-order valence-electron chi connectivity index (χ2n) is 6.88. The van der Waals surface area contributed by atoms with E-state index in [2.05, 4.69) is 10.0 Å². The van der Waals surface area contributed by atoms with Crippen LogP contribution in [0.15, 0.2) is 65.8 Å². The molecule has 3 rings (SSSR count). The van der Waals surface area contributed by atoms with Crippen molar-refractivity contribution in [3.63, 3.8) is 0 Å². The minimum atomic E-state index is -0.936. The monoisotopic (exact) mass is 458 g/mol. The molecule has 0 radical (unpaired) electrons. The van der Waals surface area contributed by atoms with Gasteiger partial charge < -0.3 is 0 Å². The molecule has 2 aromatic rings. The topological polar surface area (TPSA) is 95.4 Å². The number of carbonyl (C=O) groups is 2. The summed E-state index contributed by atoms with van der Waals surface area (Å²) in [4.78, 5) is 29.5. The fraction of sp³-hybridized carbons (Fsp3) is 0.333. The first-order chi connectivity index (χ1) is 14.1. The number of rotatable bonds is 8. The summed E-state index contributed by atoms with van der Waals surface area (Å²) < 4.78 is 6.35. The van der Waals surface area contributed by atoms with Crippen molar-refractivity contribution < 1.29 is 14.3 Å².